The Bertz CT molecular complexity index is 634. The summed E-state index contributed by atoms with van der Waals surface area (Å²) in [5, 5.41) is 8.41. The maximum atomic E-state index is 12.0. The van der Waals surface area contributed by atoms with Gasteiger partial charge in [0.05, 0.1) is 17.5 Å². The molecule has 0 aliphatic carbocycles. The fraction of sp³-hybridized carbons (Fsp3) is 0.357. The first kappa shape index (κ1) is 13.3. The molecule has 0 saturated heterocycles. The topological polar surface area (TPSA) is 52.7 Å². The van der Waals surface area contributed by atoms with Crippen LogP contribution in [0, 0.1) is 13.8 Å². The zero-order valence-corrected chi connectivity index (χ0v) is 11.7. The molecule has 0 bridgehead atoms. The summed E-state index contributed by atoms with van der Waals surface area (Å²) in [6.07, 6.45) is 6.76. The molecule has 0 saturated carbocycles. The van der Waals surface area contributed by atoms with Crippen LogP contribution in [0.1, 0.15) is 34.2 Å². The number of aryl methyl sites for hydroxylation is 3. The van der Waals surface area contributed by atoms with Gasteiger partial charge in [0.25, 0.3) is 0 Å². The van der Waals surface area contributed by atoms with E-state index in [-0.39, 0.29) is 5.78 Å². The third kappa shape index (κ3) is 2.65. The molecule has 2 rings (SSSR count). The van der Waals surface area contributed by atoms with Crippen LogP contribution in [0.2, 0.25) is 0 Å². The minimum atomic E-state index is -0.0395. The van der Waals surface area contributed by atoms with Gasteiger partial charge in [-0.25, -0.2) is 0 Å². The van der Waals surface area contributed by atoms with Crippen molar-refractivity contribution in [3.63, 3.8) is 0 Å². The second-order valence-corrected chi connectivity index (χ2v) is 4.49. The van der Waals surface area contributed by atoms with E-state index in [1.807, 2.05) is 38.6 Å². The second kappa shape index (κ2) is 5.22. The minimum absolute atomic E-state index is 0.0395. The normalized spacial score (nSPS) is 11.4. The number of carbonyl (C=O) groups is 1. The predicted octanol–water partition coefficient (Wildman–Crippen LogP) is 2.15. The van der Waals surface area contributed by atoms with Crippen molar-refractivity contribution in [1.82, 2.24) is 19.6 Å². The number of ketones is 1. The maximum absolute atomic E-state index is 12.0. The average Bonchev–Trinajstić information content (AvgIpc) is 2.94. The van der Waals surface area contributed by atoms with E-state index in [2.05, 4.69) is 10.2 Å². The number of rotatable bonds is 4. The van der Waals surface area contributed by atoms with Crippen LogP contribution in [0.15, 0.2) is 18.5 Å². The number of carbonyl (C=O) groups excluding carboxylic acids is 1. The molecule has 5 heteroatoms. The van der Waals surface area contributed by atoms with Crippen LogP contribution in [0.25, 0.3) is 6.08 Å². The minimum Gasteiger partial charge on any atom is -0.289 e. The van der Waals surface area contributed by atoms with Crippen molar-refractivity contribution in [2.75, 3.05) is 0 Å². The van der Waals surface area contributed by atoms with Crippen molar-refractivity contribution in [2.24, 2.45) is 7.05 Å². The van der Waals surface area contributed by atoms with Crippen LogP contribution in [0.3, 0.4) is 0 Å². The van der Waals surface area contributed by atoms with Crippen molar-refractivity contribution in [2.45, 2.75) is 27.3 Å². The highest BCUT2D eigenvalue weighted by Gasteiger charge is 2.08. The molecule has 100 valence electrons. The van der Waals surface area contributed by atoms with Gasteiger partial charge in [-0.1, -0.05) is 0 Å². The Morgan fingerprint density at radius 3 is 2.68 bits per heavy atom. The van der Waals surface area contributed by atoms with Gasteiger partial charge in [-0.3, -0.25) is 14.2 Å². The van der Waals surface area contributed by atoms with Crippen molar-refractivity contribution >= 4 is 11.9 Å². The summed E-state index contributed by atoms with van der Waals surface area (Å²) in [6, 6.07) is 0. The van der Waals surface area contributed by atoms with Crippen LogP contribution >= 0.6 is 0 Å². The van der Waals surface area contributed by atoms with Crippen LogP contribution in [0.4, 0.5) is 0 Å². The van der Waals surface area contributed by atoms with Gasteiger partial charge in [-0.2, -0.15) is 10.2 Å². The van der Waals surface area contributed by atoms with E-state index in [1.165, 1.54) is 0 Å². The van der Waals surface area contributed by atoms with Crippen molar-refractivity contribution < 1.29 is 4.79 Å². The van der Waals surface area contributed by atoms with Crippen LogP contribution in [-0.4, -0.2) is 25.3 Å². The van der Waals surface area contributed by atoms with Crippen LogP contribution in [-0.2, 0) is 13.6 Å². The summed E-state index contributed by atoms with van der Waals surface area (Å²) in [7, 11) is 1.90. The second-order valence-electron chi connectivity index (χ2n) is 4.49. The molecule has 0 N–H and O–H groups in total. The predicted molar refractivity (Wildman–Crippen MR) is 73.9 cm³/mol. The molecule has 0 amide bonds. The van der Waals surface area contributed by atoms with E-state index in [9.17, 15) is 4.79 Å². The monoisotopic (exact) mass is 258 g/mol. The third-order valence-corrected chi connectivity index (χ3v) is 3.21. The molecule has 2 aromatic rings. The van der Waals surface area contributed by atoms with Gasteiger partial charge < -0.3 is 0 Å². The molecular formula is C14H18N4O. The Morgan fingerprint density at radius 2 is 2.16 bits per heavy atom. The van der Waals surface area contributed by atoms with E-state index < -0.39 is 0 Å². The van der Waals surface area contributed by atoms with Gasteiger partial charge in [-0.15, -0.1) is 0 Å². The smallest absolute Gasteiger partial charge is 0.189 e. The quantitative estimate of drug-likeness (QED) is 0.623. The highest BCUT2D eigenvalue weighted by Crippen LogP contribution is 2.14. The SMILES string of the molecule is CCn1cc(C(=O)/C=C/c2c(C)nn(C)c2C)cn1. The van der Waals surface area contributed by atoms with Gasteiger partial charge in [-0.05, 0) is 32.9 Å². The van der Waals surface area contributed by atoms with E-state index in [1.54, 1.807) is 23.2 Å². The van der Waals surface area contributed by atoms with Crippen molar-refractivity contribution in [3.8, 4) is 0 Å². The molecule has 0 atom stereocenters. The molecular weight excluding hydrogens is 240 g/mol. The molecule has 2 heterocycles. The highest BCUT2D eigenvalue weighted by molar-refractivity contribution is 6.06. The zero-order valence-electron chi connectivity index (χ0n) is 11.7. The van der Waals surface area contributed by atoms with Gasteiger partial charge >= 0.3 is 0 Å². The molecule has 0 aliphatic rings. The number of hydrogen-bond acceptors (Lipinski definition) is 3. The van der Waals surface area contributed by atoms with Crippen LogP contribution in [0.5, 0.6) is 0 Å². The molecule has 0 unspecified atom stereocenters. The van der Waals surface area contributed by atoms with Crippen LogP contribution < -0.4 is 0 Å². The lowest BCUT2D eigenvalue weighted by Gasteiger charge is -1.94. The first-order chi connectivity index (χ1) is 9.02. The fourth-order valence-corrected chi connectivity index (χ4v) is 1.95. The Hall–Kier alpha value is -2.17. The lowest BCUT2D eigenvalue weighted by atomic mass is 10.1. The summed E-state index contributed by atoms with van der Waals surface area (Å²) in [6.45, 7) is 6.67. The first-order valence-electron chi connectivity index (χ1n) is 6.28. The third-order valence-electron chi connectivity index (χ3n) is 3.21. The number of aromatic nitrogens is 4. The van der Waals surface area contributed by atoms with Gasteiger partial charge in [0, 0.05) is 31.0 Å². The molecule has 0 aromatic carbocycles. The molecule has 5 nitrogen and oxygen atoms in total. The Morgan fingerprint density at radius 1 is 1.42 bits per heavy atom. The van der Waals surface area contributed by atoms with E-state index >= 15 is 0 Å². The fourth-order valence-electron chi connectivity index (χ4n) is 1.95. The van der Waals surface area contributed by atoms with Gasteiger partial charge in [0.15, 0.2) is 5.78 Å². The van der Waals surface area contributed by atoms with E-state index in [4.69, 9.17) is 0 Å². The summed E-state index contributed by atoms with van der Waals surface area (Å²) in [4.78, 5) is 12.0. The largest absolute Gasteiger partial charge is 0.289 e. The van der Waals surface area contributed by atoms with Gasteiger partial charge in [0.1, 0.15) is 0 Å². The Balaban J connectivity index is 2.20. The molecule has 2 aromatic heterocycles. The molecule has 0 aliphatic heterocycles. The van der Waals surface area contributed by atoms with Crippen molar-refractivity contribution in [1.29, 1.82) is 0 Å². The Labute approximate surface area is 112 Å². The molecule has 0 spiro atoms. The summed E-state index contributed by atoms with van der Waals surface area (Å²) in [5.74, 6) is -0.0395. The summed E-state index contributed by atoms with van der Waals surface area (Å²) < 4.78 is 3.55. The molecule has 19 heavy (non-hydrogen) atoms. The summed E-state index contributed by atoms with van der Waals surface area (Å²) in [5.41, 5.74) is 3.58. The standard InChI is InChI=1S/C14H18N4O/c1-5-18-9-12(8-15-18)14(19)7-6-13-10(2)16-17(4)11(13)3/h6-9H,5H2,1-4H3/b7-6+. The van der Waals surface area contributed by atoms with Crippen molar-refractivity contribution in [3.05, 3.63) is 41.0 Å². The summed E-state index contributed by atoms with van der Waals surface area (Å²) >= 11 is 0. The Kier molecular flexibility index (Phi) is 3.64. The maximum Gasteiger partial charge on any atom is 0.189 e. The molecule has 0 fully saturated rings. The van der Waals surface area contributed by atoms with E-state index in [0.29, 0.717) is 5.56 Å². The average molecular weight is 258 g/mol. The zero-order chi connectivity index (χ0) is 14.0. The highest BCUT2D eigenvalue weighted by atomic mass is 16.1. The lowest BCUT2D eigenvalue weighted by Crippen LogP contribution is -1.95. The molecule has 0 radical (unpaired) electrons. The number of hydrogen-bond donors (Lipinski definition) is 0. The van der Waals surface area contributed by atoms with E-state index in [0.717, 1.165) is 23.5 Å². The lowest BCUT2D eigenvalue weighted by molar-refractivity contribution is 0.104. The van der Waals surface area contributed by atoms with Gasteiger partial charge in [0.2, 0.25) is 0 Å². The number of nitrogens with zero attached hydrogens (tertiary/aromatic N) is 4. The number of allylic oxidation sites excluding steroid dienone is 1. The first-order valence-corrected chi connectivity index (χ1v) is 6.28.